The third kappa shape index (κ3) is 2.59. The van der Waals surface area contributed by atoms with Gasteiger partial charge in [0.25, 0.3) is 0 Å². The quantitative estimate of drug-likeness (QED) is 0.786. The number of β-amino-alcohol motifs (C(OH)–C–C–N with tert-alkyl or cyclic N) is 1. The van der Waals surface area contributed by atoms with E-state index in [0.717, 1.165) is 25.4 Å². The van der Waals surface area contributed by atoms with E-state index in [0.29, 0.717) is 6.42 Å². The molecule has 3 nitrogen and oxygen atoms in total. The van der Waals surface area contributed by atoms with Crippen LogP contribution in [0.25, 0.3) is 0 Å². The fraction of sp³-hybridized carbons (Fsp3) is 0.636. The van der Waals surface area contributed by atoms with Crippen molar-refractivity contribution in [3.8, 4) is 0 Å². The van der Waals surface area contributed by atoms with Crippen molar-refractivity contribution < 1.29 is 9.52 Å². The summed E-state index contributed by atoms with van der Waals surface area (Å²) in [5.41, 5.74) is 0. The summed E-state index contributed by atoms with van der Waals surface area (Å²) in [5.74, 6) is 0.872. The molecule has 14 heavy (non-hydrogen) atoms. The molecule has 1 saturated heterocycles. The van der Waals surface area contributed by atoms with Crippen LogP contribution >= 0.6 is 0 Å². The number of hydrogen-bond acceptors (Lipinski definition) is 3. The van der Waals surface area contributed by atoms with Gasteiger partial charge in [0.15, 0.2) is 0 Å². The maximum absolute atomic E-state index is 9.78. The van der Waals surface area contributed by atoms with Crippen LogP contribution in [-0.2, 0) is 6.42 Å². The average molecular weight is 195 g/mol. The summed E-state index contributed by atoms with van der Waals surface area (Å²) in [6.07, 6.45) is 4.53. The SMILES string of the molecule is OC(Cc1ccco1)CN1CCCC1. The highest BCUT2D eigenvalue weighted by molar-refractivity contribution is 4.99. The largest absolute Gasteiger partial charge is 0.469 e. The van der Waals surface area contributed by atoms with Crippen molar-refractivity contribution in [3.05, 3.63) is 24.2 Å². The van der Waals surface area contributed by atoms with Gasteiger partial charge in [0.2, 0.25) is 0 Å². The smallest absolute Gasteiger partial charge is 0.106 e. The molecular weight excluding hydrogens is 178 g/mol. The fourth-order valence-electron chi connectivity index (χ4n) is 1.99. The van der Waals surface area contributed by atoms with Crippen molar-refractivity contribution >= 4 is 0 Å². The van der Waals surface area contributed by atoms with Crippen LogP contribution in [-0.4, -0.2) is 35.7 Å². The van der Waals surface area contributed by atoms with E-state index in [1.165, 1.54) is 12.8 Å². The van der Waals surface area contributed by atoms with E-state index in [-0.39, 0.29) is 6.10 Å². The Hall–Kier alpha value is -0.800. The van der Waals surface area contributed by atoms with Gasteiger partial charge in [-0.2, -0.15) is 0 Å². The first-order chi connectivity index (χ1) is 6.84. The minimum atomic E-state index is -0.292. The lowest BCUT2D eigenvalue weighted by Crippen LogP contribution is -2.31. The molecule has 1 aliphatic rings. The molecular formula is C11H17NO2. The molecule has 0 aliphatic carbocycles. The van der Waals surface area contributed by atoms with Crippen molar-refractivity contribution in [1.29, 1.82) is 0 Å². The number of hydrogen-bond donors (Lipinski definition) is 1. The Balaban J connectivity index is 1.75. The number of aliphatic hydroxyl groups is 1. The lowest BCUT2D eigenvalue weighted by Gasteiger charge is -2.18. The molecule has 1 aliphatic heterocycles. The Morgan fingerprint density at radius 1 is 1.43 bits per heavy atom. The number of rotatable bonds is 4. The van der Waals surface area contributed by atoms with Gasteiger partial charge in [0, 0.05) is 13.0 Å². The monoisotopic (exact) mass is 195 g/mol. The van der Waals surface area contributed by atoms with Crippen LogP contribution in [0.3, 0.4) is 0 Å². The van der Waals surface area contributed by atoms with Crippen molar-refractivity contribution in [2.75, 3.05) is 19.6 Å². The maximum Gasteiger partial charge on any atom is 0.106 e. The predicted octanol–water partition coefficient (Wildman–Crippen LogP) is 1.28. The summed E-state index contributed by atoms with van der Waals surface area (Å²) >= 11 is 0. The summed E-state index contributed by atoms with van der Waals surface area (Å²) in [7, 11) is 0. The van der Waals surface area contributed by atoms with Gasteiger partial charge in [-0.25, -0.2) is 0 Å². The second kappa shape index (κ2) is 4.62. The first kappa shape index (κ1) is 9.74. The topological polar surface area (TPSA) is 36.6 Å². The van der Waals surface area contributed by atoms with E-state index >= 15 is 0 Å². The Bertz CT molecular complexity index is 252. The number of nitrogens with zero attached hydrogens (tertiary/aromatic N) is 1. The third-order valence-corrected chi connectivity index (χ3v) is 2.68. The molecule has 0 spiro atoms. The Morgan fingerprint density at radius 2 is 2.21 bits per heavy atom. The Labute approximate surface area is 84.3 Å². The lowest BCUT2D eigenvalue weighted by molar-refractivity contribution is 0.120. The zero-order valence-electron chi connectivity index (χ0n) is 8.35. The summed E-state index contributed by atoms with van der Waals surface area (Å²) in [5, 5.41) is 9.78. The van der Waals surface area contributed by atoms with Crippen molar-refractivity contribution in [2.24, 2.45) is 0 Å². The molecule has 1 aromatic heterocycles. The van der Waals surface area contributed by atoms with Crippen LogP contribution in [0.5, 0.6) is 0 Å². The molecule has 0 radical (unpaired) electrons. The molecule has 2 heterocycles. The summed E-state index contributed by atoms with van der Waals surface area (Å²) < 4.78 is 5.19. The van der Waals surface area contributed by atoms with Gasteiger partial charge in [-0.3, -0.25) is 0 Å². The minimum absolute atomic E-state index is 0.292. The highest BCUT2D eigenvalue weighted by Gasteiger charge is 2.16. The van der Waals surface area contributed by atoms with E-state index in [9.17, 15) is 5.11 Å². The number of furan rings is 1. The minimum Gasteiger partial charge on any atom is -0.469 e. The summed E-state index contributed by atoms with van der Waals surface area (Å²) in [6.45, 7) is 3.05. The van der Waals surface area contributed by atoms with Crippen LogP contribution in [0.4, 0.5) is 0 Å². The number of aliphatic hydroxyl groups excluding tert-OH is 1. The predicted molar refractivity (Wildman–Crippen MR) is 54.1 cm³/mol. The first-order valence-corrected chi connectivity index (χ1v) is 5.27. The average Bonchev–Trinajstić information content (AvgIpc) is 2.76. The second-order valence-corrected chi connectivity index (χ2v) is 3.95. The zero-order valence-corrected chi connectivity index (χ0v) is 8.35. The van der Waals surface area contributed by atoms with E-state index in [1.54, 1.807) is 6.26 Å². The fourth-order valence-corrected chi connectivity index (χ4v) is 1.99. The van der Waals surface area contributed by atoms with Gasteiger partial charge in [-0.1, -0.05) is 0 Å². The maximum atomic E-state index is 9.78. The van der Waals surface area contributed by atoms with Gasteiger partial charge in [-0.05, 0) is 38.1 Å². The molecule has 2 rings (SSSR count). The first-order valence-electron chi connectivity index (χ1n) is 5.27. The van der Waals surface area contributed by atoms with Crippen molar-refractivity contribution in [2.45, 2.75) is 25.4 Å². The Kier molecular flexibility index (Phi) is 3.22. The zero-order chi connectivity index (χ0) is 9.80. The van der Waals surface area contributed by atoms with Crippen LogP contribution in [0.1, 0.15) is 18.6 Å². The highest BCUT2D eigenvalue weighted by Crippen LogP contribution is 2.10. The normalized spacial score (nSPS) is 20.1. The van der Waals surface area contributed by atoms with Crippen molar-refractivity contribution in [1.82, 2.24) is 4.90 Å². The van der Waals surface area contributed by atoms with Crippen LogP contribution in [0.15, 0.2) is 22.8 Å². The molecule has 0 aromatic carbocycles. The van der Waals surface area contributed by atoms with Gasteiger partial charge in [-0.15, -0.1) is 0 Å². The molecule has 1 atom stereocenters. The molecule has 1 fully saturated rings. The van der Waals surface area contributed by atoms with E-state index in [4.69, 9.17) is 4.42 Å². The van der Waals surface area contributed by atoms with E-state index < -0.39 is 0 Å². The Morgan fingerprint density at radius 3 is 2.86 bits per heavy atom. The van der Waals surface area contributed by atoms with Gasteiger partial charge >= 0.3 is 0 Å². The molecule has 0 saturated carbocycles. The molecule has 3 heteroatoms. The van der Waals surface area contributed by atoms with Gasteiger partial charge in [0.1, 0.15) is 5.76 Å². The van der Waals surface area contributed by atoms with Crippen LogP contribution < -0.4 is 0 Å². The number of likely N-dealkylation sites (tertiary alicyclic amines) is 1. The molecule has 0 bridgehead atoms. The van der Waals surface area contributed by atoms with Gasteiger partial charge in [0.05, 0.1) is 12.4 Å². The van der Waals surface area contributed by atoms with E-state index in [2.05, 4.69) is 4.90 Å². The molecule has 1 N–H and O–H groups in total. The molecule has 78 valence electrons. The summed E-state index contributed by atoms with van der Waals surface area (Å²) in [6, 6.07) is 3.77. The summed E-state index contributed by atoms with van der Waals surface area (Å²) in [4.78, 5) is 2.31. The molecule has 1 aromatic rings. The van der Waals surface area contributed by atoms with Crippen LogP contribution in [0, 0.1) is 0 Å². The lowest BCUT2D eigenvalue weighted by atomic mass is 10.2. The standard InChI is InChI=1S/C11H17NO2/c13-10(8-11-4-3-7-14-11)9-12-5-1-2-6-12/h3-4,7,10,13H,1-2,5-6,8-9H2. The van der Waals surface area contributed by atoms with E-state index in [1.807, 2.05) is 12.1 Å². The molecule has 1 unspecified atom stereocenters. The second-order valence-electron chi connectivity index (χ2n) is 3.95. The van der Waals surface area contributed by atoms with Gasteiger partial charge < -0.3 is 14.4 Å². The van der Waals surface area contributed by atoms with Crippen LogP contribution in [0.2, 0.25) is 0 Å². The van der Waals surface area contributed by atoms with Crippen molar-refractivity contribution in [3.63, 3.8) is 0 Å². The highest BCUT2D eigenvalue weighted by atomic mass is 16.3. The third-order valence-electron chi connectivity index (χ3n) is 2.68. The molecule has 0 amide bonds.